The standard InChI is InChI=1S/C18H17NO2/c19-11-14-10-16(20-12-14)13-21-18-9-5-4-8-17(18)15-6-2-1-3-7-15/h1-10,12H,11,13,19H2. The quantitative estimate of drug-likeness (QED) is 0.768. The monoisotopic (exact) mass is 279 g/mol. The van der Waals surface area contributed by atoms with Crippen molar-refractivity contribution in [2.24, 2.45) is 5.73 Å². The number of furan rings is 1. The summed E-state index contributed by atoms with van der Waals surface area (Å²) in [5.74, 6) is 1.62. The molecule has 1 heterocycles. The third-order valence-electron chi connectivity index (χ3n) is 3.29. The van der Waals surface area contributed by atoms with Crippen LogP contribution in [0.1, 0.15) is 11.3 Å². The number of rotatable bonds is 5. The van der Waals surface area contributed by atoms with Crippen molar-refractivity contribution >= 4 is 0 Å². The molecule has 0 unspecified atom stereocenters. The molecule has 106 valence electrons. The molecule has 3 rings (SSSR count). The Balaban J connectivity index is 1.79. The highest BCUT2D eigenvalue weighted by Gasteiger charge is 2.07. The first-order chi connectivity index (χ1) is 10.4. The van der Waals surface area contributed by atoms with Gasteiger partial charge in [0, 0.05) is 17.7 Å². The molecule has 0 atom stereocenters. The highest BCUT2D eigenvalue weighted by atomic mass is 16.5. The first kappa shape index (κ1) is 13.5. The van der Waals surface area contributed by atoms with E-state index in [9.17, 15) is 0 Å². The molecule has 3 nitrogen and oxygen atoms in total. The number of hydrogen-bond acceptors (Lipinski definition) is 3. The van der Waals surface area contributed by atoms with Crippen molar-refractivity contribution in [1.82, 2.24) is 0 Å². The normalized spacial score (nSPS) is 10.5. The van der Waals surface area contributed by atoms with Crippen LogP contribution in [0.4, 0.5) is 0 Å². The average molecular weight is 279 g/mol. The lowest BCUT2D eigenvalue weighted by molar-refractivity contribution is 0.271. The molecule has 21 heavy (non-hydrogen) atoms. The van der Waals surface area contributed by atoms with Crippen LogP contribution in [0.2, 0.25) is 0 Å². The van der Waals surface area contributed by atoms with Gasteiger partial charge in [-0.3, -0.25) is 0 Å². The molecule has 0 amide bonds. The molecule has 0 radical (unpaired) electrons. The third kappa shape index (κ3) is 3.15. The highest BCUT2D eigenvalue weighted by Crippen LogP contribution is 2.30. The number of para-hydroxylation sites is 1. The Bertz CT molecular complexity index is 704. The minimum Gasteiger partial charge on any atom is -0.485 e. The summed E-state index contributed by atoms with van der Waals surface area (Å²) in [6.07, 6.45) is 1.67. The largest absolute Gasteiger partial charge is 0.485 e. The molecule has 2 N–H and O–H groups in total. The lowest BCUT2D eigenvalue weighted by Gasteiger charge is -2.10. The molecule has 0 saturated carbocycles. The molecule has 3 heteroatoms. The lowest BCUT2D eigenvalue weighted by Crippen LogP contribution is -1.96. The van der Waals surface area contributed by atoms with E-state index in [-0.39, 0.29) is 0 Å². The van der Waals surface area contributed by atoms with Gasteiger partial charge in [0.2, 0.25) is 0 Å². The Morgan fingerprint density at radius 2 is 1.71 bits per heavy atom. The Kier molecular flexibility index (Phi) is 4.03. The van der Waals surface area contributed by atoms with Crippen LogP contribution in [-0.2, 0) is 13.2 Å². The molecule has 0 fully saturated rings. The second kappa shape index (κ2) is 6.29. The minimum absolute atomic E-state index is 0.393. The zero-order valence-corrected chi connectivity index (χ0v) is 11.7. The maximum absolute atomic E-state index is 5.90. The van der Waals surface area contributed by atoms with Gasteiger partial charge in [-0.25, -0.2) is 0 Å². The van der Waals surface area contributed by atoms with Gasteiger partial charge >= 0.3 is 0 Å². The maximum Gasteiger partial charge on any atom is 0.146 e. The molecular formula is C18H17NO2. The number of nitrogens with two attached hydrogens (primary N) is 1. The summed E-state index contributed by atoms with van der Waals surface area (Å²) >= 11 is 0. The van der Waals surface area contributed by atoms with Crippen LogP contribution in [0.5, 0.6) is 5.75 Å². The van der Waals surface area contributed by atoms with Gasteiger partial charge in [-0.2, -0.15) is 0 Å². The van der Waals surface area contributed by atoms with E-state index in [0.717, 1.165) is 28.2 Å². The number of hydrogen-bond donors (Lipinski definition) is 1. The van der Waals surface area contributed by atoms with Crippen molar-refractivity contribution in [2.75, 3.05) is 0 Å². The Morgan fingerprint density at radius 3 is 2.48 bits per heavy atom. The van der Waals surface area contributed by atoms with E-state index in [2.05, 4.69) is 18.2 Å². The maximum atomic E-state index is 5.90. The number of benzene rings is 2. The van der Waals surface area contributed by atoms with Crippen LogP contribution < -0.4 is 10.5 Å². The van der Waals surface area contributed by atoms with E-state index < -0.39 is 0 Å². The van der Waals surface area contributed by atoms with Crippen molar-refractivity contribution in [3.05, 3.63) is 78.3 Å². The fraction of sp³-hybridized carbons (Fsp3) is 0.111. The van der Waals surface area contributed by atoms with Crippen LogP contribution in [0.3, 0.4) is 0 Å². The Hall–Kier alpha value is -2.52. The predicted octanol–water partition coefficient (Wildman–Crippen LogP) is 3.98. The van der Waals surface area contributed by atoms with Gasteiger partial charge in [-0.15, -0.1) is 0 Å². The van der Waals surface area contributed by atoms with Gasteiger partial charge in [-0.05, 0) is 17.7 Å². The van der Waals surface area contributed by atoms with E-state index in [1.807, 2.05) is 42.5 Å². The van der Waals surface area contributed by atoms with Gasteiger partial charge in [-0.1, -0.05) is 48.5 Å². The molecule has 3 aromatic rings. The van der Waals surface area contributed by atoms with Crippen molar-refractivity contribution in [3.8, 4) is 16.9 Å². The molecule has 2 aromatic carbocycles. The van der Waals surface area contributed by atoms with Crippen LogP contribution >= 0.6 is 0 Å². The SMILES string of the molecule is NCc1coc(COc2ccccc2-c2ccccc2)c1. The smallest absolute Gasteiger partial charge is 0.146 e. The minimum atomic E-state index is 0.393. The van der Waals surface area contributed by atoms with Crippen LogP contribution in [0.25, 0.3) is 11.1 Å². The zero-order valence-electron chi connectivity index (χ0n) is 11.7. The fourth-order valence-corrected chi connectivity index (χ4v) is 2.21. The summed E-state index contributed by atoms with van der Waals surface area (Å²) < 4.78 is 11.3. The van der Waals surface area contributed by atoms with Crippen molar-refractivity contribution in [2.45, 2.75) is 13.2 Å². The summed E-state index contributed by atoms with van der Waals surface area (Å²) in [5, 5.41) is 0. The molecule has 0 bridgehead atoms. The van der Waals surface area contributed by atoms with Gasteiger partial charge in [0.25, 0.3) is 0 Å². The second-order valence-corrected chi connectivity index (χ2v) is 4.78. The predicted molar refractivity (Wildman–Crippen MR) is 82.8 cm³/mol. The summed E-state index contributed by atoms with van der Waals surface area (Å²) in [6.45, 7) is 0.869. The van der Waals surface area contributed by atoms with Crippen molar-refractivity contribution in [1.29, 1.82) is 0 Å². The van der Waals surface area contributed by atoms with E-state index in [1.54, 1.807) is 6.26 Å². The molecule has 1 aromatic heterocycles. The highest BCUT2D eigenvalue weighted by molar-refractivity contribution is 5.70. The van der Waals surface area contributed by atoms with Crippen LogP contribution in [0.15, 0.2) is 71.3 Å². The van der Waals surface area contributed by atoms with Crippen molar-refractivity contribution in [3.63, 3.8) is 0 Å². The van der Waals surface area contributed by atoms with Gasteiger partial charge < -0.3 is 14.9 Å². The molecule has 0 spiro atoms. The first-order valence-electron chi connectivity index (χ1n) is 6.90. The molecule has 0 aliphatic carbocycles. The third-order valence-corrected chi connectivity index (χ3v) is 3.29. The van der Waals surface area contributed by atoms with E-state index in [0.29, 0.717) is 13.2 Å². The molecule has 0 saturated heterocycles. The van der Waals surface area contributed by atoms with Crippen molar-refractivity contribution < 1.29 is 9.15 Å². The van der Waals surface area contributed by atoms with E-state index in [4.69, 9.17) is 14.9 Å². The van der Waals surface area contributed by atoms with Gasteiger partial charge in [0.15, 0.2) is 0 Å². The number of ether oxygens (including phenoxy) is 1. The average Bonchev–Trinajstić information content (AvgIpc) is 3.02. The van der Waals surface area contributed by atoms with E-state index >= 15 is 0 Å². The van der Waals surface area contributed by atoms with Gasteiger partial charge in [0.05, 0.1) is 6.26 Å². The summed E-state index contributed by atoms with van der Waals surface area (Å²) in [4.78, 5) is 0. The zero-order chi connectivity index (χ0) is 14.5. The first-order valence-corrected chi connectivity index (χ1v) is 6.90. The summed E-state index contributed by atoms with van der Waals surface area (Å²) in [5.41, 5.74) is 8.75. The van der Waals surface area contributed by atoms with Crippen LogP contribution in [-0.4, -0.2) is 0 Å². The topological polar surface area (TPSA) is 48.4 Å². The molecule has 0 aliphatic rings. The lowest BCUT2D eigenvalue weighted by atomic mass is 10.1. The molecular weight excluding hydrogens is 262 g/mol. The summed E-state index contributed by atoms with van der Waals surface area (Å²) in [6, 6.07) is 20.1. The van der Waals surface area contributed by atoms with Gasteiger partial charge in [0.1, 0.15) is 18.1 Å². The summed E-state index contributed by atoms with van der Waals surface area (Å²) in [7, 11) is 0. The fourth-order valence-electron chi connectivity index (χ4n) is 2.21. The molecule has 0 aliphatic heterocycles. The van der Waals surface area contributed by atoms with Crippen LogP contribution in [0, 0.1) is 0 Å². The van der Waals surface area contributed by atoms with E-state index in [1.165, 1.54) is 0 Å². The second-order valence-electron chi connectivity index (χ2n) is 4.78. The Labute approximate surface area is 124 Å². The Morgan fingerprint density at radius 1 is 0.952 bits per heavy atom.